The third kappa shape index (κ3) is 6.03. The quantitative estimate of drug-likeness (QED) is 0.584. The second kappa shape index (κ2) is 9.73. The SMILES string of the molecule is O=C(CCNS(=O)(=O)c1ccc(F)c(F)c1)NCCCc1nc2c(s1)CCCC2. The van der Waals surface area contributed by atoms with Gasteiger partial charge >= 0.3 is 0 Å². The Bertz CT molecular complexity index is 954. The van der Waals surface area contributed by atoms with Gasteiger partial charge in [0.15, 0.2) is 11.6 Å². The van der Waals surface area contributed by atoms with Crippen LogP contribution in [-0.4, -0.2) is 32.4 Å². The molecule has 0 spiro atoms. The summed E-state index contributed by atoms with van der Waals surface area (Å²) in [5, 5.41) is 3.85. The fourth-order valence-electron chi connectivity index (χ4n) is 3.09. The Kier molecular flexibility index (Phi) is 7.31. The minimum atomic E-state index is -4.00. The van der Waals surface area contributed by atoms with Gasteiger partial charge in [-0.1, -0.05) is 0 Å². The van der Waals surface area contributed by atoms with E-state index in [1.165, 1.54) is 23.4 Å². The first-order valence-electron chi connectivity index (χ1n) is 9.54. The summed E-state index contributed by atoms with van der Waals surface area (Å²) in [5.41, 5.74) is 1.23. The van der Waals surface area contributed by atoms with E-state index in [1.807, 2.05) is 0 Å². The molecule has 1 amide bonds. The Balaban J connectivity index is 1.35. The number of hydrogen-bond acceptors (Lipinski definition) is 5. The highest BCUT2D eigenvalue weighted by atomic mass is 32.2. The van der Waals surface area contributed by atoms with Gasteiger partial charge in [-0.25, -0.2) is 26.9 Å². The zero-order valence-electron chi connectivity index (χ0n) is 15.8. The molecule has 10 heteroatoms. The number of thiazole rings is 1. The molecule has 1 heterocycles. The molecule has 29 heavy (non-hydrogen) atoms. The molecular formula is C19H23F2N3O3S2. The molecule has 158 valence electrons. The predicted molar refractivity (Wildman–Crippen MR) is 106 cm³/mol. The van der Waals surface area contributed by atoms with E-state index in [9.17, 15) is 22.0 Å². The lowest BCUT2D eigenvalue weighted by molar-refractivity contribution is -0.120. The van der Waals surface area contributed by atoms with Gasteiger partial charge in [0.05, 0.1) is 15.6 Å². The second-order valence-electron chi connectivity index (χ2n) is 6.86. The van der Waals surface area contributed by atoms with Gasteiger partial charge in [-0.15, -0.1) is 11.3 Å². The second-order valence-corrected chi connectivity index (χ2v) is 9.80. The van der Waals surface area contributed by atoms with Crippen molar-refractivity contribution in [2.75, 3.05) is 13.1 Å². The van der Waals surface area contributed by atoms with Crippen molar-refractivity contribution in [2.24, 2.45) is 0 Å². The Hall–Kier alpha value is -1.91. The first kappa shape index (κ1) is 21.8. The number of nitrogens with one attached hydrogen (secondary N) is 2. The minimum Gasteiger partial charge on any atom is -0.356 e. The highest BCUT2D eigenvalue weighted by molar-refractivity contribution is 7.89. The number of sulfonamides is 1. The lowest BCUT2D eigenvalue weighted by Gasteiger charge is -2.08. The van der Waals surface area contributed by atoms with Crippen molar-refractivity contribution in [2.45, 2.75) is 49.8 Å². The first-order valence-corrected chi connectivity index (χ1v) is 11.8. The van der Waals surface area contributed by atoms with Crippen LogP contribution in [0, 0.1) is 11.6 Å². The molecule has 0 bridgehead atoms. The van der Waals surface area contributed by atoms with E-state index in [-0.39, 0.29) is 23.8 Å². The molecule has 1 aliphatic carbocycles. The number of rotatable bonds is 9. The van der Waals surface area contributed by atoms with E-state index < -0.39 is 21.7 Å². The molecule has 0 unspecified atom stereocenters. The zero-order chi connectivity index (χ0) is 20.9. The number of nitrogens with zero attached hydrogens (tertiary/aromatic N) is 1. The van der Waals surface area contributed by atoms with E-state index in [2.05, 4.69) is 15.0 Å². The van der Waals surface area contributed by atoms with E-state index in [1.54, 1.807) is 11.3 Å². The number of aromatic nitrogens is 1. The molecule has 1 aliphatic rings. The molecule has 1 aromatic heterocycles. The third-order valence-corrected chi connectivity index (χ3v) is 7.30. The number of hydrogen-bond donors (Lipinski definition) is 2. The van der Waals surface area contributed by atoms with Crippen LogP contribution >= 0.6 is 11.3 Å². The van der Waals surface area contributed by atoms with Gasteiger partial charge in [-0.05, 0) is 50.3 Å². The van der Waals surface area contributed by atoms with Gasteiger partial charge in [0.1, 0.15) is 0 Å². The maximum Gasteiger partial charge on any atom is 0.240 e. The molecule has 0 saturated heterocycles. The summed E-state index contributed by atoms with van der Waals surface area (Å²) in [7, 11) is -4.00. The van der Waals surface area contributed by atoms with Gasteiger partial charge in [0.2, 0.25) is 15.9 Å². The first-order chi connectivity index (χ1) is 13.8. The van der Waals surface area contributed by atoms with Crippen LogP contribution in [0.3, 0.4) is 0 Å². The Morgan fingerprint density at radius 2 is 1.93 bits per heavy atom. The third-order valence-electron chi connectivity index (χ3n) is 4.63. The van der Waals surface area contributed by atoms with Crippen LogP contribution in [0.25, 0.3) is 0 Å². The van der Waals surface area contributed by atoms with E-state index in [4.69, 9.17) is 0 Å². The summed E-state index contributed by atoms with van der Waals surface area (Å²) in [5.74, 6) is -2.65. The number of carbonyl (C=O) groups excluding carboxylic acids is 1. The fraction of sp³-hybridized carbons (Fsp3) is 0.474. The van der Waals surface area contributed by atoms with E-state index in [0.29, 0.717) is 12.6 Å². The maximum absolute atomic E-state index is 13.2. The fourth-order valence-corrected chi connectivity index (χ4v) is 5.34. The van der Waals surface area contributed by atoms with Crippen LogP contribution in [-0.2, 0) is 34.1 Å². The van der Waals surface area contributed by atoms with Gasteiger partial charge in [-0.2, -0.15) is 0 Å². The van der Waals surface area contributed by atoms with Crippen LogP contribution in [0.5, 0.6) is 0 Å². The molecule has 0 atom stereocenters. The molecule has 1 aromatic carbocycles. The molecule has 2 N–H and O–H groups in total. The molecule has 6 nitrogen and oxygen atoms in total. The normalized spacial score (nSPS) is 13.9. The van der Waals surface area contributed by atoms with Crippen LogP contribution < -0.4 is 10.0 Å². The summed E-state index contributed by atoms with van der Waals surface area (Å²) in [6.45, 7) is 0.353. The Labute approximate surface area is 172 Å². The van der Waals surface area contributed by atoms with Crippen LogP contribution in [0.4, 0.5) is 8.78 Å². The lowest BCUT2D eigenvalue weighted by atomic mass is 10.0. The molecule has 2 aromatic rings. The molecule has 0 fully saturated rings. The summed E-state index contributed by atoms with van der Waals surface area (Å²) < 4.78 is 52.4. The number of carbonyl (C=O) groups is 1. The Morgan fingerprint density at radius 3 is 2.69 bits per heavy atom. The minimum absolute atomic E-state index is 0.0472. The highest BCUT2D eigenvalue weighted by Crippen LogP contribution is 2.27. The standard InChI is InChI=1S/C19H23F2N3O3S2/c20-14-8-7-13(12-15(14)21)29(26,27)23-11-9-18(25)22-10-3-6-19-24-16-4-1-2-5-17(16)28-19/h7-8,12,23H,1-6,9-11H2,(H,22,25). The number of halogens is 2. The van der Waals surface area contributed by atoms with Crippen LogP contribution in [0.1, 0.15) is 41.3 Å². The average molecular weight is 444 g/mol. The van der Waals surface area contributed by atoms with E-state index in [0.717, 1.165) is 42.8 Å². The van der Waals surface area contributed by atoms with Gasteiger partial charge in [0.25, 0.3) is 0 Å². The molecular weight excluding hydrogens is 420 g/mol. The maximum atomic E-state index is 13.2. The van der Waals surface area contributed by atoms with Crippen molar-refractivity contribution in [3.63, 3.8) is 0 Å². The monoisotopic (exact) mass is 443 g/mol. The van der Waals surface area contributed by atoms with Crippen molar-refractivity contribution in [3.05, 3.63) is 45.4 Å². The lowest BCUT2D eigenvalue weighted by Crippen LogP contribution is -2.31. The average Bonchev–Trinajstić information content (AvgIpc) is 3.10. The number of benzene rings is 1. The number of aryl methyl sites for hydroxylation is 3. The van der Waals surface area contributed by atoms with Crippen molar-refractivity contribution >= 4 is 27.3 Å². The summed E-state index contributed by atoms with van der Waals surface area (Å²) >= 11 is 1.76. The van der Waals surface area contributed by atoms with Gasteiger partial charge in [0, 0.05) is 30.8 Å². The largest absolute Gasteiger partial charge is 0.356 e. The smallest absolute Gasteiger partial charge is 0.240 e. The van der Waals surface area contributed by atoms with Gasteiger partial charge in [-0.3, -0.25) is 4.79 Å². The molecule has 0 saturated carbocycles. The van der Waals surface area contributed by atoms with Crippen molar-refractivity contribution < 1.29 is 22.0 Å². The Morgan fingerprint density at radius 1 is 1.14 bits per heavy atom. The summed E-state index contributed by atoms with van der Waals surface area (Å²) in [6.07, 6.45) is 6.12. The number of amides is 1. The summed E-state index contributed by atoms with van der Waals surface area (Å²) in [6, 6.07) is 2.32. The van der Waals surface area contributed by atoms with Crippen molar-refractivity contribution in [1.82, 2.24) is 15.0 Å². The summed E-state index contributed by atoms with van der Waals surface area (Å²) in [4.78, 5) is 17.5. The van der Waals surface area contributed by atoms with Crippen molar-refractivity contribution in [1.29, 1.82) is 0 Å². The zero-order valence-corrected chi connectivity index (χ0v) is 17.5. The topological polar surface area (TPSA) is 88.2 Å². The molecule has 3 rings (SSSR count). The molecule has 0 radical (unpaired) electrons. The predicted octanol–water partition coefficient (Wildman–Crippen LogP) is 2.72. The number of fused-ring (bicyclic) bond motifs is 1. The van der Waals surface area contributed by atoms with Crippen LogP contribution in [0.2, 0.25) is 0 Å². The van der Waals surface area contributed by atoms with Crippen LogP contribution in [0.15, 0.2) is 23.1 Å². The molecule has 0 aliphatic heterocycles. The highest BCUT2D eigenvalue weighted by Gasteiger charge is 2.17. The van der Waals surface area contributed by atoms with E-state index >= 15 is 0 Å². The van der Waals surface area contributed by atoms with Gasteiger partial charge < -0.3 is 5.32 Å². The van der Waals surface area contributed by atoms with Crippen molar-refractivity contribution in [3.8, 4) is 0 Å².